The summed E-state index contributed by atoms with van der Waals surface area (Å²) in [7, 11) is 0. The Morgan fingerprint density at radius 1 is 1.30 bits per heavy atom. The van der Waals surface area contributed by atoms with Crippen LogP contribution >= 0.6 is 0 Å². The molecule has 4 heteroatoms. The van der Waals surface area contributed by atoms with Crippen LogP contribution in [0, 0.1) is 0 Å². The first-order valence-electron chi connectivity index (χ1n) is 6.96. The van der Waals surface area contributed by atoms with E-state index in [-0.39, 0.29) is 5.91 Å². The molecule has 1 amide bonds. The molecule has 0 spiro atoms. The monoisotopic (exact) mass is 270 g/mol. The highest BCUT2D eigenvalue weighted by atomic mass is 16.3. The molecule has 0 fully saturated rings. The molecule has 0 saturated carbocycles. The van der Waals surface area contributed by atoms with E-state index >= 15 is 0 Å². The van der Waals surface area contributed by atoms with Crippen molar-refractivity contribution in [1.29, 1.82) is 0 Å². The highest BCUT2D eigenvalue weighted by molar-refractivity contribution is 5.91. The topological polar surface area (TPSA) is 54.3 Å². The van der Waals surface area contributed by atoms with E-state index in [9.17, 15) is 4.79 Å². The number of hydrogen-bond acceptors (Lipinski definition) is 3. The summed E-state index contributed by atoms with van der Waals surface area (Å²) < 4.78 is 5.24. The zero-order chi connectivity index (χ0) is 13.8. The van der Waals surface area contributed by atoms with E-state index < -0.39 is 0 Å². The third kappa shape index (κ3) is 2.91. The van der Waals surface area contributed by atoms with Crippen LogP contribution in [-0.2, 0) is 24.2 Å². The van der Waals surface area contributed by atoms with Crippen LogP contribution in [0.4, 0.5) is 5.69 Å². The summed E-state index contributed by atoms with van der Waals surface area (Å²) in [5.41, 5.74) is 3.49. The van der Waals surface area contributed by atoms with Gasteiger partial charge in [0, 0.05) is 25.1 Å². The number of hydrogen-bond donors (Lipinski definition) is 2. The molecular formula is C16H18N2O2. The van der Waals surface area contributed by atoms with Gasteiger partial charge in [-0.3, -0.25) is 4.79 Å². The summed E-state index contributed by atoms with van der Waals surface area (Å²) in [6.07, 6.45) is 3.67. The molecule has 104 valence electrons. The summed E-state index contributed by atoms with van der Waals surface area (Å²) >= 11 is 0. The van der Waals surface area contributed by atoms with Crippen molar-refractivity contribution >= 4 is 11.6 Å². The van der Waals surface area contributed by atoms with E-state index in [1.165, 1.54) is 11.1 Å². The van der Waals surface area contributed by atoms with Crippen molar-refractivity contribution in [2.75, 3.05) is 11.9 Å². The largest absolute Gasteiger partial charge is 0.469 e. The Kier molecular flexibility index (Phi) is 3.83. The molecule has 2 heterocycles. The second kappa shape index (κ2) is 5.92. The molecule has 1 aromatic heterocycles. The molecule has 0 bridgehead atoms. The molecule has 0 atom stereocenters. The summed E-state index contributed by atoms with van der Waals surface area (Å²) in [4.78, 5) is 12.0. The highest BCUT2D eigenvalue weighted by Gasteiger charge is 2.14. The molecule has 20 heavy (non-hydrogen) atoms. The third-order valence-electron chi connectivity index (χ3n) is 3.59. The molecule has 1 aliphatic heterocycles. The van der Waals surface area contributed by atoms with Crippen molar-refractivity contribution < 1.29 is 9.21 Å². The van der Waals surface area contributed by atoms with E-state index in [1.807, 2.05) is 24.3 Å². The number of nitrogens with one attached hydrogen (secondary N) is 2. The SMILES string of the molecule is O=C(CCc1ccco1)Nc1cccc2c1CCNC2. The molecule has 1 aliphatic rings. The normalized spacial score (nSPS) is 13.8. The Balaban J connectivity index is 1.64. The van der Waals surface area contributed by atoms with Crippen molar-refractivity contribution in [3.63, 3.8) is 0 Å². The van der Waals surface area contributed by atoms with Gasteiger partial charge >= 0.3 is 0 Å². The van der Waals surface area contributed by atoms with Crippen LogP contribution in [0.5, 0.6) is 0 Å². The number of fused-ring (bicyclic) bond motifs is 1. The Bertz CT molecular complexity index is 591. The van der Waals surface area contributed by atoms with Crippen LogP contribution in [0.3, 0.4) is 0 Å². The Hall–Kier alpha value is -2.07. The number of carbonyl (C=O) groups excluding carboxylic acids is 1. The minimum absolute atomic E-state index is 0.0355. The second-order valence-electron chi connectivity index (χ2n) is 5.00. The lowest BCUT2D eigenvalue weighted by Gasteiger charge is -2.20. The fourth-order valence-corrected chi connectivity index (χ4v) is 2.55. The van der Waals surface area contributed by atoms with Gasteiger partial charge < -0.3 is 15.1 Å². The number of carbonyl (C=O) groups is 1. The van der Waals surface area contributed by atoms with Gasteiger partial charge in [0.15, 0.2) is 0 Å². The average molecular weight is 270 g/mol. The lowest BCUT2D eigenvalue weighted by molar-refractivity contribution is -0.116. The maximum atomic E-state index is 12.0. The van der Waals surface area contributed by atoms with Crippen LogP contribution in [-0.4, -0.2) is 12.5 Å². The average Bonchev–Trinajstić information content (AvgIpc) is 2.99. The van der Waals surface area contributed by atoms with Crippen LogP contribution in [0.25, 0.3) is 0 Å². The lowest BCUT2D eigenvalue weighted by Crippen LogP contribution is -2.25. The molecular weight excluding hydrogens is 252 g/mol. The molecule has 4 nitrogen and oxygen atoms in total. The Morgan fingerprint density at radius 3 is 3.10 bits per heavy atom. The molecule has 3 rings (SSSR count). The summed E-state index contributed by atoms with van der Waals surface area (Å²) in [5.74, 6) is 0.882. The fourth-order valence-electron chi connectivity index (χ4n) is 2.55. The number of rotatable bonds is 4. The number of benzene rings is 1. The summed E-state index contributed by atoms with van der Waals surface area (Å²) in [6.45, 7) is 1.84. The first-order valence-corrected chi connectivity index (χ1v) is 6.96. The smallest absolute Gasteiger partial charge is 0.224 e. The third-order valence-corrected chi connectivity index (χ3v) is 3.59. The molecule has 0 aliphatic carbocycles. The van der Waals surface area contributed by atoms with Crippen LogP contribution in [0.15, 0.2) is 41.0 Å². The van der Waals surface area contributed by atoms with Crippen molar-refractivity contribution in [2.45, 2.75) is 25.8 Å². The van der Waals surface area contributed by atoms with Crippen molar-refractivity contribution in [1.82, 2.24) is 5.32 Å². The lowest BCUT2D eigenvalue weighted by atomic mass is 9.99. The van der Waals surface area contributed by atoms with Gasteiger partial charge in [-0.15, -0.1) is 0 Å². The zero-order valence-electron chi connectivity index (χ0n) is 11.3. The minimum atomic E-state index is 0.0355. The summed E-state index contributed by atoms with van der Waals surface area (Å²) in [6, 6.07) is 9.82. The quantitative estimate of drug-likeness (QED) is 0.897. The first-order chi connectivity index (χ1) is 9.83. The number of amides is 1. The van der Waals surface area contributed by atoms with Gasteiger partial charge in [0.25, 0.3) is 0 Å². The molecule has 0 unspecified atom stereocenters. The van der Waals surface area contributed by atoms with E-state index in [0.717, 1.165) is 31.0 Å². The van der Waals surface area contributed by atoms with E-state index in [4.69, 9.17) is 4.42 Å². The van der Waals surface area contributed by atoms with Gasteiger partial charge in [-0.05, 0) is 42.3 Å². The van der Waals surface area contributed by atoms with Crippen LogP contribution < -0.4 is 10.6 Å². The summed E-state index contributed by atoms with van der Waals surface area (Å²) in [5, 5.41) is 6.36. The molecule has 2 N–H and O–H groups in total. The van der Waals surface area contributed by atoms with Gasteiger partial charge in [0.05, 0.1) is 6.26 Å². The minimum Gasteiger partial charge on any atom is -0.469 e. The maximum Gasteiger partial charge on any atom is 0.224 e. The maximum absolute atomic E-state index is 12.0. The van der Waals surface area contributed by atoms with Gasteiger partial charge in [0.1, 0.15) is 5.76 Å². The zero-order valence-corrected chi connectivity index (χ0v) is 11.3. The second-order valence-corrected chi connectivity index (χ2v) is 5.00. The highest BCUT2D eigenvalue weighted by Crippen LogP contribution is 2.23. The molecule has 2 aromatic rings. The number of anilines is 1. The van der Waals surface area contributed by atoms with Gasteiger partial charge in [0.2, 0.25) is 5.91 Å². The first kappa shape index (κ1) is 12.9. The molecule has 1 aromatic carbocycles. The van der Waals surface area contributed by atoms with Crippen molar-refractivity contribution in [2.24, 2.45) is 0 Å². The predicted octanol–water partition coefficient (Wildman–Crippen LogP) is 2.50. The van der Waals surface area contributed by atoms with E-state index in [0.29, 0.717) is 12.8 Å². The van der Waals surface area contributed by atoms with E-state index in [1.54, 1.807) is 6.26 Å². The standard InChI is InChI=1S/C16H18N2O2/c19-16(7-6-13-4-2-10-20-13)18-15-5-1-3-12-11-17-9-8-14(12)15/h1-5,10,17H,6-9,11H2,(H,18,19). The predicted molar refractivity (Wildman–Crippen MR) is 77.5 cm³/mol. The van der Waals surface area contributed by atoms with Gasteiger partial charge in [-0.2, -0.15) is 0 Å². The Labute approximate surface area is 118 Å². The molecule has 0 radical (unpaired) electrons. The molecule has 0 saturated heterocycles. The van der Waals surface area contributed by atoms with Crippen LogP contribution in [0.2, 0.25) is 0 Å². The van der Waals surface area contributed by atoms with Crippen molar-refractivity contribution in [3.05, 3.63) is 53.5 Å². The number of aryl methyl sites for hydroxylation is 1. The van der Waals surface area contributed by atoms with Gasteiger partial charge in [-0.1, -0.05) is 12.1 Å². The van der Waals surface area contributed by atoms with Crippen molar-refractivity contribution in [3.8, 4) is 0 Å². The van der Waals surface area contributed by atoms with Crippen LogP contribution in [0.1, 0.15) is 23.3 Å². The number of furan rings is 1. The van der Waals surface area contributed by atoms with E-state index in [2.05, 4.69) is 16.7 Å². The van der Waals surface area contributed by atoms with Gasteiger partial charge in [-0.25, -0.2) is 0 Å². The fraction of sp³-hybridized carbons (Fsp3) is 0.312. The Morgan fingerprint density at radius 2 is 2.25 bits per heavy atom.